The van der Waals surface area contributed by atoms with Gasteiger partial charge in [-0.3, -0.25) is 4.67 Å². The molecule has 4 nitrogen and oxygen atoms in total. The first-order valence-electron chi connectivity index (χ1n) is 3.99. The van der Waals surface area contributed by atoms with Crippen LogP contribution in [-0.4, -0.2) is 6.54 Å². The molecule has 1 aromatic carbocycles. The van der Waals surface area contributed by atoms with E-state index in [9.17, 15) is 9.13 Å². The molecule has 0 saturated carbocycles. The van der Waals surface area contributed by atoms with Crippen LogP contribution in [0, 0.1) is 0 Å². The van der Waals surface area contributed by atoms with Gasteiger partial charge < -0.3 is 5.73 Å². The van der Waals surface area contributed by atoms with Gasteiger partial charge in [0.05, 0.1) is 5.69 Å². The van der Waals surface area contributed by atoms with E-state index < -0.39 is 7.83 Å². The average Bonchev–Trinajstić information content (AvgIpc) is 2.46. The van der Waals surface area contributed by atoms with Crippen LogP contribution in [0.3, 0.4) is 0 Å². The van der Waals surface area contributed by atoms with Gasteiger partial charge in [0.15, 0.2) is 0 Å². The highest BCUT2D eigenvalue weighted by atomic mass is 31.1. The standard InChI is InChI=1S/C8H9N2O2P/c9-7-1-2-8-6(5-7)3-4-10(8)13(11)12/h1-2,5H,3-4,9H2. The minimum Gasteiger partial charge on any atom is -0.399 e. The van der Waals surface area contributed by atoms with E-state index in [1.54, 1.807) is 12.1 Å². The van der Waals surface area contributed by atoms with Gasteiger partial charge in [-0.15, -0.1) is 0 Å². The van der Waals surface area contributed by atoms with Gasteiger partial charge >= 0.3 is 7.83 Å². The Morgan fingerprint density at radius 2 is 2.15 bits per heavy atom. The minimum absolute atomic E-state index is 0.539. The Balaban J connectivity index is 2.49. The fourth-order valence-corrected chi connectivity index (χ4v) is 2.21. The molecule has 1 aliphatic heterocycles. The number of fused-ring (bicyclic) bond motifs is 1. The summed E-state index contributed by atoms with van der Waals surface area (Å²) >= 11 is 0. The Labute approximate surface area is 76.2 Å². The Kier molecular flexibility index (Phi) is 1.85. The number of hydrogen-bond donors (Lipinski definition) is 1. The summed E-state index contributed by atoms with van der Waals surface area (Å²) < 4.78 is 22.9. The number of anilines is 2. The lowest BCUT2D eigenvalue weighted by Gasteiger charge is -2.07. The van der Waals surface area contributed by atoms with Crippen molar-refractivity contribution in [1.29, 1.82) is 0 Å². The monoisotopic (exact) mass is 196 g/mol. The van der Waals surface area contributed by atoms with Crippen LogP contribution in [0.15, 0.2) is 18.2 Å². The molecule has 0 radical (unpaired) electrons. The summed E-state index contributed by atoms with van der Waals surface area (Å²) in [4.78, 5) is 0. The van der Waals surface area contributed by atoms with Crippen molar-refractivity contribution in [3.8, 4) is 0 Å². The number of nitrogen functional groups attached to an aromatic ring is 1. The van der Waals surface area contributed by atoms with Gasteiger partial charge in [-0.05, 0) is 30.2 Å². The zero-order chi connectivity index (χ0) is 9.42. The first-order valence-corrected chi connectivity index (χ1v) is 5.12. The van der Waals surface area contributed by atoms with Gasteiger partial charge in [0, 0.05) is 12.2 Å². The van der Waals surface area contributed by atoms with Crippen LogP contribution in [0.1, 0.15) is 5.56 Å². The average molecular weight is 196 g/mol. The molecule has 0 amide bonds. The van der Waals surface area contributed by atoms with Crippen molar-refractivity contribution in [2.75, 3.05) is 16.9 Å². The van der Waals surface area contributed by atoms with Crippen molar-refractivity contribution in [2.24, 2.45) is 0 Å². The summed E-state index contributed by atoms with van der Waals surface area (Å²) in [5.74, 6) is 0. The van der Waals surface area contributed by atoms with E-state index in [0.717, 1.165) is 17.7 Å². The molecule has 0 fully saturated rings. The van der Waals surface area contributed by atoms with Crippen molar-refractivity contribution in [1.82, 2.24) is 0 Å². The zero-order valence-electron chi connectivity index (χ0n) is 6.93. The highest BCUT2D eigenvalue weighted by molar-refractivity contribution is 7.33. The number of nitrogens with two attached hydrogens (primary N) is 1. The summed E-state index contributed by atoms with van der Waals surface area (Å²) in [5.41, 5.74) is 8.05. The second kappa shape index (κ2) is 2.89. The van der Waals surface area contributed by atoms with Crippen molar-refractivity contribution < 1.29 is 9.13 Å². The smallest absolute Gasteiger partial charge is 0.399 e. The molecular formula is C8H9N2O2P. The molecule has 1 aliphatic rings. The summed E-state index contributed by atoms with van der Waals surface area (Å²) in [6.07, 6.45) is 0.754. The second-order valence-corrected chi connectivity index (χ2v) is 3.96. The molecule has 0 aromatic heterocycles. The van der Waals surface area contributed by atoms with Gasteiger partial charge in [-0.1, -0.05) is 0 Å². The molecule has 0 spiro atoms. The largest absolute Gasteiger partial charge is 0.426 e. The van der Waals surface area contributed by atoms with Gasteiger partial charge in [0.1, 0.15) is 0 Å². The van der Waals surface area contributed by atoms with Crippen molar-refractivity contribution in [3.63, 3.8) is 0 Å². The summed E-state index contributed by atoms with van der Waals surface area (Å²) in [6.45, 7) is 0.539. The zero-order valence-corrected chi connectivity index (χ0v) is 7.83. The lowest BCUT2D eigenvalue weighted by Crippen LogP contribution is -2.06. The van der Waals surface area contributed by atoms with Crippen LogP contribution in [0.25, 0.3) is 0 Å². The Morgan fingerprint density at radius 3 is 2.85 bits per heavy atom. The van der Waals surface area contributed by atoms with Gasteiger partial charge in [0.25, 0.3) is 0 Å². The van der Waals surface area contributed by atoms with Crippen LogP contribution in [0.4, 0.5) is 11.4 Å². The molecule has 68 valence electrons. The molecule has 1 aromatic rings. The third-order valence-electron chi connectivity index (χ3n) is 2.17. The highest BCUT2D eigenvalue weighted by Gasteiger charge is 2.22. The van der Waals surface area contributed by atoms with E-state index in [1.165, 1.54) is 4.67 Å². The normalized spacial score (nSPS) is 14.3. The predicted octanol–water partition coefficient (Wildman–Crippen LogP) is 1.72. The van der Waals surface area contributed by atoms with Crippen molar-refractivity contribution in [2.45, 2.75) is 6.42 Å². The van der Waals surface area contributed by atoms with Gasteiger partial charge in [-0.25, -0.2) is 9.13 Å². The molecular weight excluding hydrogens is 187 g/mol. The SMILES string of the molecule is Nc1ccc2c(c1)CCN2P(=O)=O. The lowest BCUT2D eigenvalue weighted by molar-refractivity contribution is 0.512. The van der Waals surface area contributed by atoms with E-state index >= 15 is 0 Å². The van der Waals surface area contributed by atoms with E-state index in [-0.39, 0.29) is 0 Å². The summed E-state index contributed by atoms with van der Waals surface area (Å²) in [5, 5.41) is 0. The fourth-order valence-electron chi connectivity index (χ4n) is 1.57. The van der Waals surface area contributed by atoms with Gasteiger partial charge in [0.2, 0.25) is 0 Å². The van der Waals surface area contributed by atoms with Crippen LogP contribution in [0.5, 0.6) is 0 Å². The van der Waals surface area contributed by atoms with E-state index in [0.29, 0.717) is 12.2 Å². The molecule has 13 heavy (non-hydrogen) atoms. The third-order valence-corrected chi connectivity index (χ3v) is 2.98. The quantitative estimate of drug-likeness (QED) is 0.548. The van der Waals surface area contributed by atoms with Crippen LogP contribution in [0.2, 0.25) is 0 Å². The first-order chi connectivity index (χ1) is 6.18. The molecule has 0 unspecified atom stereocenters. The molecule has 1 heterocycles. The summed E-state index contributed by atoms with van der Waals surface area (Å²) in [7, 11) is -2.51. The highest BCUT2D eigenvalue weighted by Crippen LogP contribution is 2.35. The van der Waals surface area contributed by atoms with Gasteiger partial charge in [-0.2, -0.15) is 0 Å². The lowest BCUT2D eigenvalue weighted by atomic mass is 10.1. The molecule has 2 rings (SSSR count). The van der Waals surface area contributed by atoms with E-state index in [4.69, 9.17) is 5.73 Å². The van der Waals surface area contributed by atoms with E-state index in [2.05, 4.69) is 0 Å². The fraction of sp³-hybridized carbons (Fsp3) is 0.250. The second-order valence-electron chi connectivity index (χ2n) is 3.00. The van der Waals surface area contributed by atoms with Crippen LogP contribution < -0.4 is 10.4 Å². The summed E-state index contributed by atoms with van der Waals surface area (Å²) in [6, 6.07) is 5.30. The van der Waals surface area contributed by atoms with Crippen LogP contribution in [-0.2, 0) is 15.6 Å². The number of hydrogen-bond acceptors (Lipinski definition) is 3. The maximum atomic E-state index is 10.8. The van der Waals surface area contributed by atoms with Crippen LogP contribution >= 0.6 is 7.83 Å². The molecule has 2 N–H and O–H groups in total. The molecule has 5 heteroatoms. The third kappa shape index (κ3) is 1.33. The molecule has 0 atom stereocenters. The maximum absolute atomic E-state index is 10.8. The number of rotatable bonds is 1. The minimum atomic E-state index is -2.51. The molecule has 0 aliphatic carbocycles. The first kappa shape index (κ1) is 8.32. The molecule has 0 saturated heterocycles. The maximum Gasteiger partial charge on any atom is 0.426 e. The van der Waals surface area contributed by atoms with E-state index in [1.807, 2.05) is 6.07 Å². The number of nitrogens with zero attached hydrogens (tertiary/aromatic N) is 1. The topological polar surface area (TPSA) is 63.4 Å². The predicted molar refractivity (Wildman–Crippen MR) is 50.2 cm³/mol. The van der Waals surface area contributed by atoms with Crippen molar-refractivity contribution in [3.05, 3.63) is 23.8 Å². The Hall–Kier alpha value is -1.28. The molecule has 0 bridgehead atoms. The Bertz CT molecular complexity index is 407. The Morgan fingerprint density at radius 1 is 1.38 bits per heavy atom. The number of benzene rings is 1. The van der Waals surface area contributed by atoms with Crippen molar-refractivity contribution >= 4 is 19.2 Å².